The molecule has 0 aliphatic heterocycles. The largest absolute Gasteiger partial charge is 0.504 e. The molecule has 0 bridgehead atoms. The molecule has 0 aromatic heterocycles. The average molecular weight is 829 g/mol. The lowest BCUT2D eigenvalue weighted by Gasteiger charge is -2.03. The minimum atomic E-state index is -0.0689. The highest BCUT2D eigenvalue weighted by Gasteiger charge is 2.04. The molecule has 0 aliphatic carbocycles. The highest BCUT2D eigenvalue weighted by Crippen LogP contribution is 2.30. The number of phenols is 12. The molecule has 0 saturated carbocycles. The van der Waals surface area contributed by atoms with Crippen LogP contribution in [0.2, 0.25) is 0 Å². The van der Waals surface area contributed by atoms with Crippen molar-refractivity contribution in [1.82, 2.24) is 0 Å². The van der Waals surface area contributed by atoms with Gasteiger partial charge in [0.2, 0.25) is 0 Å². The molecule has 6 aromatic rings. The van der Waals surface area contributed by atoms with Crippen molar-refractivity contribution in [2.75, 3.05) is 0 Å². The molecule has 0 fully saturated rings. The third-order valence-corrected chi connectivity index (χ3v) is 8.47. The molecule has 12 nitrogen and oxygen atoms in total. The summed E-state index contributed by atoms with van der Waals surface area (Å²) >= 11 is 0. The van der Waals surface area contributed by atoms with Gasteiger partial charge in [-0.05, 0) is 128 Å². The first-order valence-corrected chi connectivity index (χ1v) is 19.4. The van der Waals surface area contributed by atoms with E-state index in [9.17, 15) is 5.11 Å². The van der Waals surface area contributed by atoms with Gasteiger partial charge in [0.15, 0.2) is 69.0 Å². The molecule has 12 heteroatoms. The maximum Gasteiger partial charge on any atom is 0.160 e. The van der Waals surface area contributed by atoms with Crippen molar-refractivity contribution in [3.8, 4) is 69.0 Å². The van der Waals surface area contributed by atoms with Crippen molar-refractivity contribution in [1.29, 1.82) is 0 Å². The van der Waals surface area contributed by atoms with Crippen LogP contribution in [0, 0.1) is 13.8 Å². The second-order valence-electron chi connectivity index (χ2n) is 13.4. The number of rotatable bonds is 6. The summed E-state index contributed by atoms with van der Waals surface area (Å²) in [5.74, 6) is -0.449. The van der Waals surface area contributed by atoms with Gasteiger partial charge in [0.25, 0.3) is 0 Å². The van der Waals surface area contributed by atoms with E-state index in [-0.39, 0.29) is 69.0 Å². The van der Waals surface area contributed by atoms with E-state index in [1.807, 2.05) is 39.8 Å². The number of phenolic OH excluding ortho intramolecular Hbond substituents is 12. The fraction of sp³-hybridized carbons (Fsp3) is 0.250. The van der Waals surface area contributed by atoms with Gasteiger partial charge < -0.3 is 61.3 Å². The van der Waals surface area contributed by atoms with Crippen LogP contribution in [0.1, 0.15) is 73.9 Å². The van der Waals surface area contributed by atoms with Crippen molar-refractivity contribution in [2.24, 2.45) is 0 Å². The van der Waals surface area contributed by atoms with Gasteiger partial charge in [-0.3, -0.25) is 0 Å². The van der Waals surface area contributed by atoms with E-state index in [0.717, 1.165) is 66.3 Å². The zero-order valence-electron chi connectivity index (χ0n) is 35.0. The Morgan fingerprint density at radius 1 is 0.333 bits per heavy atom. The molecule has 60 heavy (non-hydrogen) atoms. The smallest absolute Gasteiger partial charge is 0.160 e. The third kappa shape index (κ3) is 18.0. The van der Waals surface area contributed by atoms with Crippen molar-refractivity contribution in [3.63, 3.8) is 0 Å². The Hall–Kier alpha value is -7.08. The minimum Gasteiger partial charge on any atom is -0.504 e. The molecule has 0 atom stereocenters. The summed E-state index contributed by atoms with van der Waals surface area (Å²) in [6, 6.07) is 29.3. The summed E-state index contributed by atoms with van der Waals surface area (Å²) in [5, 5.41) is 108. The molecule has 12 N–H and O–H groups in total. The first kappa shape index (κ1) is 50.9. The number of para-hydroxylation sites is 3. The molecule has 324 valence electrons. The second kappa shape index (κ2) is 26.8. The Morgan fingerprint density at radius 2 is 0.750 bits per heavy atom. The number of aromatic hydroxyl groups is 12. The van der Waals surface area contributed by atoms with Crippen LogP contribution in [0.3, 0.4) is 0 Å². The zero-order chi connectivity index (χ0) is 45.4. The van der Waals surface area contributed by atoms with Crippen LogP contribution in [0.15, 0.2) is 109 Å². The van der Waals surface area contributed by atoms with E-state index in [1.54, 1.807) is 61.5 Å². The van der Waals surface area contributed by atoms with Gasteiger partial charge in [-0.15, -0.1) is 0 Å². The second-order valence-corrected chi connectivity index (χ2v) is 13.4. The normalized spacial score (nSPS) is 9.70. The van der Waals surface area contributed by atoms with Gasteiger partial charge >= 0.3 is 0 Å². The van der Waals surface area contributed by atoms with E-state index in [2.05, 4.69) is 6.92 Å². The van der Waals surface area contributed by atoms with E-state index < -0.39 is 0 Å². The SMILES string of the molecule is CCCc1ccc(O)c(O)c1.CCCc1cccc(O)c1O.CCc1ccc(O)c(O)c1.CCc1cccc(O)c1O.Cc1ccc(O)c(O)c1.Cc1cccc(O)c1O. The summed E-state index contributed by atoms with van der Waals surface area (Å²) in [5.41, 5.74) is 5.30. The fourth-order valence-electron chi connectivity index (χ4n) is 4.99. The van der Waals surface area contributed by atoms with E-state index in [1.165, 1.54) is 42.5 Å². The van der Waals surface area contributed by atoms with Crippen LogP contribution in [0.4, 0.5) is 0 Å². The van der Waals surface area contributed by atoms with Crippen LogP contribution in [-0.4, -0.2) is 61.3 Å². The maximum absolute atomic E-state index is 9.28. The Morgan fingerprint density at radius 3 is 1.15 bits per heavy atom. The Labute approximate surface area is 352 Å². The fourth-order valence-corrected chi connectivity index (χ4v) is 4.99. The van der Waals surface area contributed by atoms with Crippen LogP contribution >= 0.6 is 0 Å². The number of aryl methyl sites for hydroxylation is 6. The highest BCUT2D eigenvalue weighted by atomic mass is 16.3. The average Bonchev–Trinajstić information content (AvgIpc) is 3.22. The Balaban J connectivity index is 0.000000361. The molecule has 0 radical (unpaired) electrons. The number of hydrogen-bond donors (Lipinski definition) is 12. The van der Waals surface area contributed by atoms with E-state index in [4.69, 9.17) is 56.2 Å². The predicted octanol–water partition coefficient (Wildman–Crippen LogP) is 10.2. The number of hydrogen-bond acceptors (Lipinski definition) is 12. The Bertz CT molecular complexity index is 2160. The minimum absolute atomic E-state index is 0.00463. The maximum atomic E-state index is 9.28. The lowest BCUT2D eigenvalue weighted by Crippen LogP contribution is -1.83. The summed E-state index contributed by atoms with van der Waals surface area (Å²) in [6.07, 6.45) is 5.36. The summed E-state index contributed by atoms with van der Waals surface area (Å²) in [7, 11) is 0. The topological polar surface area (TPSA) is 243 Å². The summed E-state index contributed by atoms with van der Waals surface area (Å²) in [4.78, 5) is 0. The first-order valence-electron chi connectivity index (χ1n) is 19.4. The molecule has 0 aliphatic rings. The molecule has 0 heterocycles. The quantitative estimate of drug-likeness (QED) is 0.0702. The van der Waals surface area contributed by atoms with Crippen LogP contribution in [-0.2, 0) is 25.7 Å². The van der Waals surface area contributed by atoms with Gasteiger partial charge in [0.1, 0.15) is 0 Å². The van der Waals surface area contributed by atoms with Gasteiger partial charge in [-0.25, -0.2) is 0 Å². The summed E-state index contributed by atoms with van der Waals surface area (Å²) in [6.45, 7) is 11.6. The molecular weight excluding hydrogens is 769 g/mol. The molecule has 0 spiro atoms. The predicted molar refractivity (Wildman–Crippen MR) is 235 cm³/mol. The van der Waals surface area contributed by atoms with Gasteiger partial charge in [-0.1, -0.05) is 95.1 Å². The van der Waals surface area contributed by atoms with Crippen molar-refractivity contribution >= 4 is 0 Å². The van der Waals surface area contributed by atoms with Crippen molar-refractivity contribution in [2.45, 2.75) is 80.1 Å². The van der Waals surface area contributed by atoms with Crippen LogP contribution < -0.4 is 0 Å². The number of benzene rings is 6. The van der Waals surface area contributed by atoms with Gasteiger partial charge in [-0.2, -0.15) is 0 Å². The Kier molecular flexibility index (Phi) is 22.7. The standard InChI is InChI=1S/2C9H12O2.2C8H10O2.2C7H8O2/c1-2-4-7-5-3-6-8(10)9(7)11;1-2-3-7-4-5-8(10)9(11)6-7;1-2-6-3-4-7(9)8(10)5-6;1-2-6-4-3-5-7(9)8(6)10;1-5-2-3-6(8)7(9)4-5;1-5-3-2-4-6(8)7(5)9/h3,5-6,10-11H,2,4H2,1H3;4-6,10-11H,2-3H2,1H3;2*3-5,9-10H,2H2,1H3;2*2-4,8-9H,1H3. The van der Waals surface area contributed by atoms with Crippen LogP contribution in [0.25, 0.3) is 0 Å². The third-order valence-electron chi connectivity index (χ3n) is 8.47. The van der Waals surface area contributed by atoms with Crippen molar-refractivity contribution < 1.29 is 61.3 Å². The molecule has 0 unspecified atom stereocenters. The molecule has 6 aromatic carbocycles. The monoisotopic (exact) mass is 828 g/mol. The van der Waals surface area contributed by atoms with Crippen LogP contribution in [0.5, 0.6) is 69.0 Å². The lowest BCUT2D eigenvalue weighted by molar-refractivity contribution is 0.399. The lowest BCUT2D eigenvalue weighted by atomic mass is 10.1. The zero-order valence-corrected chi connectivity index (χ0v) is 35.0. The molecular formula is C48H60O12. The molecule has 0 amide bonds. The molecule has 0 saturated heterocycles. The van der Waals surface area contributed by atoms with Gasteiger partial charge in [0, 0.05) is 0 Å². The highest BCUT2D eigenvalue weighted by molar-refractivity contribution is 5.46. The van der Waals surface area contributed by atoms with E-state index >= 15 is 0 Å². The first-order chi connectivity index (χ1) is 28.4. The van der Waals surface area contributed by atoms with Crippen molar-refractivity contribution in [3.05, 3.63) is 143 Å². The molecule has 6 rings (SSSR count). The van der Waals surface area contributed by atoms with E-state index in [0.29, 0.717) is 5.56 Å². The summed E-state index contributed by atoms with van der Waals surface area (Å²) < 4.78 is 0. The van der Waals surface area contributed by atoms with Gasteiger partial charge in [0.05, 0.1) is 0 Å².